The van der Waals surface area contributed by atoms with Crippen LogP contribution in [0.3, 0.4) is 0 Å². The van der Waals surface area contributed by atoms with Crippen molar-refractivity contribution >= 4 is 28.9 Å². The van der Waals surface area contributed by atoms with Gasteiger partial charge in [0.2, 0.25) is 0 Å². The Balaban J connectivity index is 2.14. The molecular weight excluding hydrogens is 361 g/mol. The molecule has 0 aromatic heterocycles. The number of hydrogen-bond donors (Lipinski definition) is 1. The van der Waals surface area contributed by atoms with Crippen molar-refractivity contribution in [3.63, 3.8) is 0 Å². The summed E-state index contributed by atoms with van der Waals surface area (Å²) in [5.74, 6) is -0.437. The van der Waals surface area contributed by atoms with E-state index in [0.29, 0.717) is 10.7 Å². The topological polar surface area (TPSA) is 35.6 Å². The zero-order chi connectivity index (χ0) is 19.7. The molecule has 0 spiro atoms. The van der Waals surface area contributed by atoms with Crippen LogP contribution in [0.5, 0.6) is 0 Å². The molecule has 1 amide bonds. The molecule has 1 N–H and O–H groups in total. The van der Waals surface area contributed by atoms with Gasteiger partial charge in [0.05, 0.1) is 11.6 Å². The highest BCUT2D eigenvalue weighted by atomic mass is 32.1. The number of halogens is 1. The number of benzene rings is 2. The lowest BCUT2D eigenvalue weighted by molar-refractivity contribution is -0.125. The van der Waals surface area contributed by atoms with E-state index in [1.165, 1.54) is 12.1 Å². The molecule has 0 radical (unpaired) electrons. The minimum Gasteiger partial charge on any atom is -0.351 e. The van der Waals surface area contributed by atoms with Crippen molar-refractivity contribution in [2.45, 2.75) is 19.9 Å². The summed E-state index contributed by atoms with van der Waals surface area (Å²) in [7, 11) is 3.43. The van der Waals surface area contributed by atoms with Crippen LogP contribution in [0.4, 0.5) is 10.1 Å². The average Bonchev–Trinajstić information content (AvgIpc) is 2.63. The zero-order valence-corrected chi connectivity index (χ0v) is 16.6. The fourth-order valence-corrected chi connectivity index (χ4v) is 3.53. The van der Waals surface area contributed by atoms with Gasteiger partial charge in [-0.3, -0.25) is 9.69 Å². The number of allylic oxidation sites excluding steroid dienone is 1. The zero-order valence-electron chi connectivity index (χ0n) is 15.8. The molecule has 1 aliphatic heterocycles. The molecule has 0 aliphatic carbocycles. The summed E-state index contributed by atoms with van der Waals surface area (Å²) in [6.07, 6.45) is 0. The van der Waals surface area contributed by atoms with Gasteiger partial charge in [-0.1, -0.05) is 29.8 Å². The number of anilines is 1. The molecule has 0 saturated heterocycles. The van der Waals surface area contributed by atoms with Crippen LogP contribution >= 0.6 is 12.2 Å². The lowest BCUT2D eigenvalue weighted by Crippen LogP contribution is -2.49. The van der Waals surface area contributed by atoms with Gasteiger partial charge >= 0.3 is 0 Å². The Labute approximate surface area is 164 Å². The first-order valence-corrected chi connectivity index (χ1v) is 9.05. The van der Waals surface area contributed by atoms with E-state index in [1.807, 2.05) is 43.0 Å². The molecule has 0 fully saturated rings. The van der Waals surface area contributed by atoms with Gasteiger partial charge in [0.25, 0.3) is 5.91 Å². The predicted octanol–water partition coefficient (Wildman–Crippen LogP) is 3.93. The molecule has 0 saturated carbocycles. The Morgan fingerprint density at radius 2 is 1.67 bits per heavy atom. The molecule has 1 heterocycles. The number of carbonyl (C=O) groups excluding carboxylic acids is 1. The summed E-state index contributed by atoms with van der Waals surface area (Å²) >= 11 is 5.61. The van der Waals surface area contributed by atoms with Crippen molar-refractivity contribution in [1.29, 1.82) is 0 Å². The first kappa shape index (κ1) is 19.0. The molecule has 2 aromatic carbocycles. The summed E-state index contributed by atoms with van der Waals surface area (Å²) in [5, 5.41) is 3.76. The third-order valence-corrected chi connectivity index (χ3v) is 4.92. The molecule has 4 nitrogen and oxygen atoms in total. The second-order valence-corrected chi connectivity index (χ2v) is 7.19. The summed E-state index contributed by atoms with van der Waals surface area (Å²) in [4.78, 5) is 16.4. The van der Waals surface area contributed by atoms with Crippen LogP contribution in [0.25, 0.3) is 0 Å². The summed E-state index contributed by atoms with van der Waals surface area (Å²) < 4.78 is 13.4. The number of nitrogens with zero attached hydrogens (tertiary/aromatic N) is 2. The van der Waals surface area contributed by atoms with Crippen molar-refractivity contribution in [1.82, 2.24) is 10.2 Å². The lowest BCUT2D eigenvalue weighted by Gasteiger charge is -2.38. The normalized spacial score (nSPS) is 17.0. The van der Waals surface area contributed by atoms with Crippen LogP contribution in [0.15, 0.2) is 59.8 Å². The second kappa shape index (κ2) is 7.48. The molecule has 140 valence electrons. The maximum absolute atomic E-state index is 13.4. The Morgan fingerprint density at radius 1 is 1.07 bits per heavy atom. The van der Waals surface area contributed by atoms with E-state index >= 15 is 0 Å². The van der Waals surface area contributed by atoms with Crippen LogP contribution in [0.2, 0.25) is 0 Å². The number of thiocarbonyl (C=S) groups is 1. The third kappa shape index (κ3) is 3.71. The molecule has 1 aliphatic rings. The van der Waals surface area contributed by atoms with Crippen molar-refractivity contribution in [3.8, 4) is 0 Å². The lowest BCUT2D eigenvalue weighted by atomic mass is 9.93. The molecule has 6 heteroatoms. The van der Waals surface area contributed by atoms with E-state index < -0.39 is 6.04 Å². The van der Waals surface area contributed by atoms with E-state index in [4.69, 9.17) is 12.2 Å². The van der Waals surface area contributed by atoms with Crippen molar-refractivity contribution in [3.05, 3.63) is 76.7 Å². The molecule has 1 unspecified atom stereocenters. The second-order valence-electron chi connectivity index (χ2n) is 6.80. The van der Waals surface area contributed by atoms with Gasteiger partial charge in [-0.05, 0) is 55.9 Å². The van der Waals surface area contributed by atoms with E-state index in [-0.39, 0.29) is 11.7 Å². The number of rotatable bonds is 3. The predicted molar refractivity (Wildman–Crippen MR) is 110 cm³/mol. The SMILES string of the molecule is CC1=C(C(=O)N(C)C)C(c2ccc(F)cc2)NC(=S)N1c1ccc(C)cc1. The number of aryl methyl sites for hydroxylation is 1. The summed E-state index contributed by atoms with van der Waals surface area (Å²) in [6, 6.07) is 13.6. The van der Waals surface area contributed by atoms with Gasteiger partial charge in [0.1, 0.15) is 5.82 Å². The number of amides is 1. The number of likely N-dealkylation sites (N-methyl/N-ethyl adjacent to an activating group) is 1. The third-order valence-electron chi connectivity index (χ3n) is 4.62. The molecule has 0 bridgehead atoms. The van der Waals surface area contributed by atoms with Crippen LogP contribution < -0.4 is 10.2 Å². The highest BCUT2D eigenvalue weighted by Crippen LogP contribution is 2.34. The minimum atomic E-state index is -0.435. The maximum Gasteiger partial charge on any atom is 0.253 e. The number of nitrogens with one attached hydrogen (secondary N) is 1. The molecule has 27 heavy (non-hydrogen) atoms. The van der Waals surface area contributed by atoms with Gasteiger partial charge in [-0.2, -0.15) is 0 Å². The molecule has 2 aromatic rings. The van der Waals surface area contributed by atoms with E-state index in [0.717, 1.165) is 22.5 Å². The average molecular weight is 383 g/mol. The van der Waals surface area contributed by atoms with Crippen LogP contribution in [-0.4, -0.2) is 30.0 Å². The largest absolute Gasteiger partial charge is 0.351 e. The minimum absolute atomic E-state index is 0.117. The van der Waals surface area contributed by atoms with Gasteiger partial charge in [-0.25, -0.2) is 4.39 Å². The first-order valence-electron chi connectivity index (χ1n) is 8.64. The monoisotopic (exact) mass is 383 g/mol. The first-order chi connectivity index (χ1) is 12.8. The molecule has 1 atom stereocenters. The van der Waals surface area contributed by atoms with Gasteiger partial charge in [0.15, 0.2) is 5.11 Å². The van der Waals surface area contributed by atoms with Crippen LogP contribution in [0, 0.1) is 12.7 Å². The summed E-state index contributed by atoms with van der Waals surface area (Å²) in [6.45, 7) is 3.91. The van der Waals surface area contributed by atoms with Crippen LogP contribution in [-0.2, 0) is 4.79 Å². The fraction of sp³-hybridized carbons (Fsp3) is 0.238. The van der Waals surface area contributed by atoms with Crippen molar-refractivity contribution < 1.29 is 9.18 Å². The van der Waals surface area contributed by atoms with Crippen LogP contribution in [0.1, 0.15) is 24.1 Å². The van der Waals surface area contributed by atoms with E-state index in [9.17, 15) is 9.18 Å². The van der Waals surface area contributed by atoms with Gasteiger partial charge < -0.3 is 10.2 Å². The fourth-order valence-electron chi connectivity index (χ4n) is 3.17. The smallest absolute Gasteiger partial charge is 0.253 e. The highest BCUT2D eigenvalue weighted by Gasteiger charge is 2.35. The van der Waals surface area contributed by atoms with Gasteiger partial charge in [0, 0.05) is 25.5 Å². The van der Waals surface area contributed by atoms with E-state index in [1.54, 1.807) is 31.1 Å². The Kier molecular flexibility index (Phi) is 5.28. The Hall–Kier alpha value is -2.73. The standard InChI is InChI=1S/C21H22FN3OS/c1-13-5-11-17(12-6-13)25-14(2)18(20(26)24(3)4)19(23-21(25)27)15-7-9-16(22)10-8-15/h5-12,19H,1-4H3,(H,23,27). The summed E-state index contributed by atoms with van der Waals surface area (Å²) in [5.41, 5.74) is 4.16. The Bertz CT molecular complexity index is 904. The van der Waals surface area contributed by atoms with Crippen molar-refractivity contribution in [2.75, 3.05) is 19.0 Å². The number of hydrogen-bond acceptors (Lipinski definition) is 2. The van der Waals surface area contributed by atoms with Crippen molar-refractivity contribution in [2.24, 2.45) is 0 Å². The highest BCUT2D eigenvalue weighted by molar-refractivity contribution is 7.80. The Morgan fingerprint density at radius 3 is 2.22 bits per heavy atom. The molecular formula is C21H22FN3OS. The maximum atomic E-state index is 13.4. The number of carbonyl (C=O) groups is 1. The molecule has 3 rings (SSSR count). The quantitative estimate of drug-likeness (QED) is 0.815. The van der Waals surface area contributed by atoms with Gasteiger partial charge in [-0.15, -0.1) is 0 Å². The van der Waals surface area contributed by atoms with E-state index in [2.05, 4.69) is 5.32 Å².